The molecule has 0 aromatic rings. The molecule has 0 unspecified atom stereocenters. The van der Waals surface area contributed by atoms with E-state index in [-0.39, 0.29) is 18.1 Å². The molecule has 0 bridgehead atoms. The predicted octanol–water partition coefficient (Wildman–Crippen LogP) is 2.15. The molecule has 4 nitrogen and oxygen atoms in total. The summed E-state index contributed by atoms with van der Waals surface area (Å²) < 4.78 is 5.21. The fourth-order valence-electron chi connectivity index (χ4n) is 2.04. The molecule has 0 aromatic carbocycles. The van der Waals surface area contributed by atoms with Crippen molar-refractivity contribution >= 4 is 6.09 Å². The highest BCUT2D eigenvalue weighted by atomic mass is 16.6. The zero-order valence-corrected chi connectivity index (χ0v) is 10.4. The first-order valence-corrected chi connectivity index (χ1v) is 5.73. The van der Waals surface area contributed by atoms with Crippen molar-refractivity contribution in [2.45, 2.75) is 51.7 Å². The van der Waals surface area contributed by atoms with Gasteiger partial charge >= 0.3 is 6.09 Å². The normalized spacial score (nSPS) is 25.2. The molecule has 0 spiro atoms. The molecule has 0 heterocycles. The van der Waals surface area contributed by atoms with Crippen molar-refractivity contribution in [2.75, 3.05) is 0 Å². The number of rotatable bonds is 2. The van der Waals surface area contributed by atoms with E-state index in [1.807, 2.05) is 20.8 Å². The van der Waals surface area contributed by atoms with Crippen LogP contribution in [0.2, 0.25) is 0 Å². The first kappa shape index (κ1) is 12.9. The van der Waals surface area contributed by atoms with Gasteiger partial charge in [0.05, 0.1) is 0 Å². The summed E-state index contributed by atoms with van der Waals surface area (Å²) in [6.45, 7) is 9.30. The van der Waals surface area contributed by atoms with Crippen molar-refractivity contribution < 1.29 is 9.53 Å². The summed E-state index contributed by atoms with van der Waals surface area (Å²) in [7, 11) is 0. The minimum absolute atomic E-state index is 0.0762. The Labute approximate surface area is 97.2 Å². The molecule has 0 aromatic heterocycles. The van der Waals surface area contributed by atoms with Crippen LogP contribution in [0.3, 0.4) is 0 Å². The van der Waals surface area contributed by atoms with Gasteiger partial charge in [0.2, 0.25) is 0 Å². The number of nitrogens with two attached hydrogens (primary N) is 1. The lowest BCUT2D eigenvalue weighted by molar-refractivity contribution is 0.0497. The quantitative estimate of drug-likeness (QED) is 0.758. The van der Waals surface area contributed by atoms with Crippen LogP contribution in [0.4, 0.5) is 4.79 Å². The van der Waals surface area contributed by atoms with E-state index in [4.69, 9.17) is 10.5 Å². The molecule has 3 N–H and O–H groups in total. The third-order valence-electron chi connectivity index (χ3n) is 2.69. The van der Waals surface area contributed by atoms with Crippen molar-refractivity contribution in [2.24, 2.45) is 11.7 Å². The zero-order chi connectivity index (χ0) is 12.3. The van der Waals surface area contributed by atoms with Crippen LogP contribution in [0.5, 0.6) is 0 Å². The van der Waals surface area contributed by atoms with Gasteiger partial charge in [-0.05, 0) is 33.6 Å². The highest BCUT2D eigenvalue weighted by molar-refractivity contribution is 5.68. The average Bonchev–Trinajstić information content (AvgIpc) is 2.47. The Bertz CT molecular complexity index is 281. The van der Waals surface area contributed by atoms with E-state index in [1.165, 1.54) is 0 Å². The first-order valence-electron chi connectivity index (χ1n) is 5.73. The molecule has 0 aliphatic heterocycles. The first-order chi connectivity index (χ1) is 7.29. The van der Waals surface area contributed by atoms with Gasteiger partial charge in [-0.1, -0.05) is 13.0 Å². The molecule has 1 fully saturated rings. The minimum atomic E-state index is -0.460. The largest absolute Gasteiger partial charge is 0.444 e. The summed E-state index contributed by atoms with van der Waals surface area (Å²) in [5.41, 5.74) is 5.90. The minimum Gasteiger partial charge on any atom is -0.444 e. The Morgan fingerprint density at radius 2 is 2.06 bits per heavy atom. The highest BCUT2D eigenvalue weighted by Gasteiger charge is 2.30. The van der Waals surface area contributed by atoms with Gasteiger partial charge < -0.3 is 15.8 Å². The number of nitrogens with one attached hydrogen (secondary N) is 1. The molecule has 4 heteroatoms. The highest BCUT2D eigenvalue weighted by Crippen LogP contribution is 2.28. The van der Waals surface area contributed by atoms with Gasteiger partial charge in [-0.25, -0.2) is 4.79 Å². The molecule has 1 aliphatic carbocycles. The van der Waals surface area contributed by atoms with Crippen molar-refractivity contribution in [3.8, 4) is 0 Å². The summed E-state index contributed by atoms with van der Waals surface area (Å²) in [6.07, 6.45) is 2.64. The lowest BCUT2D eigenvalue weighted by atomic mass is 10.0. The van der Waals surface area contributed by atoms with Gasteiger partial charge in [0.25, 0.3) is 0 Å². The molecule has 16 heavy (non-hydrogen) atoms. The maximum absolute atomic E-state index is 11.6. The van der Waals surface area contributed by atoms with Gasteiger partial charge in [-0.15, -0.1) is 0 Å². The third kappa shape index (κ3) is 3.76. The van der Waals surface area contributed by atoms with E-state index in [0.717, 1.165) is 19.3 Å². The lowest BCUT2D eigenvalue weighted by Gasteiger charge is -2.24. The molecular weight excluding hydrogens is 204 g/mol. The lowest BCUT2D eigenvalue weighted by Crippen LogP contribution is -2.41. The van der Waals surface area contributed by atoms with Gasteiger partial charge in [0, 0.05) is 17.7 Å². The number of ether oxygens (including phenoxy) is 1. The van der Waals surface area contributed by atoms with Crippen LogP contribution in [-0.4, -0.2) is 17.7 Å². The molecule has 0 saturated heterocycles. The van der Waals surface area contributed by atoms with Crippen molar-refractivity contribution in [1.29, 1.82) is 0 Å². The number of hydrogen-bond donors (Lipinski definition) is 2. The molecule has 0 radical (unpaired) electrons. The van der Waals surface area contributed by atoms with E-state index in [2.05, 4.69) is 11.9 Å². The second-order valence-electron chi connectivity index (χ2n) is 5.37. The fourth-order valence-corrected chi connectivity index (χ4v) is 2.04. The summed E-state index contributed by atoms with van der Waals surface area (Å²) in [6, 6.07) is 0.0762. The molecule has 1 saturated carbocycles. The van der Waals surface area contributed by atoms with Gasteiger partial charge in [-0.3, -0.25) is 0 Å². The SMILES string of the molecule is C=C(N)[C@@H]1CCC[C@@H]1NC(=O)OC(C)(C)C. The zero-order valence-electron chi connectivity index (χ0n) is 10.4. The molecule has 92 valence electrons. The Kier molecular flexibility index (Phi) is 3.83. The van der Waals surface area contributed by atoms with Crippen molar-refractivity contribution in [1.82, 2.24) is 5.32 Å². The van der Waals surface area contributed by atoms with E-state index in [1.54, 1.807) is 0 Å². The number of hydrogen-bond acceptors (Lipinski definition) is 3. The number of amides is 1. The monoisotopic (exact) mass is 226 g/mol. The molecule has 2 atom stereocenters. The van der Waals surface area contributed by atoms with Crippen LogP contribution in [0.1, 0.15) is 40.0 Å². The van der Waals surface area contributed by atoms with Gasteiger partial charge in [0.1, 0.15) is 5.60 Å². The summed E-state index contributed by atoms with van der Waals surface area (Å²) in [5.74, 6) is 0.188. The second kappa shape index (κ2) is 4.76. The maximum Gasteiger partial charge on any atom is 0.407 e. The van der Waals surface area contributed by atoms with Crippen molar-refractivity contribution in [3.63, 3.8) is 0 Å². The Hall–Kier alpha value is -1.19. The molecular formula is C12H22N2O2. The van der Waals surface area contributed by atoms with Crippen LogP contribution in [0.15, 0.2) is 12.3 Å². The van der Waals surface area contributed by atoms with Crippen LogP contribution < -0.4 is 11.1 Å². The van der Waals surface area contributed by atoms with Crippen LogP contribution in [-0.2, 0) is 4.74 Å². The van der Waals surface area contributed by atoms with E-state index in [0.29, 0.717) is 5.70 Å². The predicted molar refractivity (Wildman–Crippen MR) is 63.8 cm³/mol. The number of alkyl carbamates (subject to hydrolysis) is 1. The maximum atomic E-state index is 11.6. The van der Waals surface area contributed by atoms with E-state index in [9.17, 15) is 4.79 Å². The third-order valence-corrected chi connectivity index (χ3v) is 2.69. The van der Waals surface area contributed by atoms with Gasteiger partial charge in [0.15, 0.2) is 0 Å². The number of carbonyl (C=O) groups excluding carboxylic acids is 1. The van der Waals surface area contributed by atoms with Gasteiger partial charge in [-0.2, -0.15) is 0 Å². The average molecular weight is 226 g/mol. The van der Waals surface area contributed by atoms with Crippen LogP contribution in [0.25, 0.3) is 0 Å². The van der Waals surface area contributed by atoms with E-state index >= 15 is 0 Å². The molecule has 1 rings (SSSR count). The molecule has 1 aliphatic rings. The Morgan fingerprint density at radius 3 is 2.56 bits per heavy atom. The topological polar surface area (TPSA) is 64.3 Å². The standard InChI is InChI=1S/C12H22N2O2/c1-8(13)9-6-5-7-10(9)14-11(15)16-12(2,3)4/h9-10H,1,5-7,13H2,2-4H3,(H,14,15)/t9-,10-/m0/s1. The fraction of sp³-hybridized carbons (Fsp3) is 0.750. The van der Waals surface area contributed by atoms with Crippen LogP contribution >= 0.6 is 0 Å². The molecule has 1 amide bonds. The van der Waals surface area contributed by atoms with Crippen molar-refractivity contribution in [3.05, 3.63) is 12.3 Å². The summed E-state index contributed by atoms with van der Waals surface area (Å²) in [4.78, 5) is 11.6. The Balaban J connectivity index is 2.47. The van der Waals surface area contributed by atoms with E-state index < -0.39 is 5.60 Å². The second-order valence-corrected chi connectivity index (χ2v) is 5.37. The summed E-state index contributed by atoms with van der Waals surface area (Å²) in [5, 5.41) is 2.86. The van der Waals surface area contributed by atoms with Crippen LogP contribution in [0, 0.1) is 5.92 Å². The summed E-state index contributed by atoms with van der Waals surface area (Å²) >= 11 is 0. The Morgan fingerprint density at radius 1 is 1.44 bits per heavy atom. The number of carbonyl (C=O) groups is 1. The smallest absolute Gasteiger partial charge is 0.407 e.